The number of hydrogen-bond acceptors (Lipinski definition) is 6. The van der Waals surface area contributed by atoms with Gasteiger partial charge in [-0.2, -0.15) is 25.3 Å². The molecule has 0 aromatic rings. The van der Waals surface area contributed by atoms with Gasteiger partial charge in [0, 0.05) is 48.3 Å². The summed E-state index contributed by atoms with van der Waals surface area (Å²) in [4.78, 5) is 22.5. The van der Waals surface area contributed by atoms with Crippen molar-refractivity contribution in [1.82, 2.24) is 0 Å². The van der Waals surface area contributed by atoms with Gasteiger partial charge in [-0.05, 0) is 35.5 Å². The predicted molar refractivity (Wildman–Crippen MR) is 145 cm³/mol. The summed E-state index contributed by atoms with van der Waals surface area (Å²) in [5.41, 5.74) is 0.562. The average Bonchev–Trinajstić information content (AvgIpc) is 2.47. The summed E-state index contributed by atoms with van der Waals surface area (Å²) < 4.78 is 9.92. The molecule has 0 aromatic carbocycles. The van der Waals surface area contributed by atoms with E-state index in [1.807, 2.05) is 0 Å². The molecule has 0 aliphatic heterocycles. The summed E-state index contributed by atoms with van der Waals surface area (Å²) in [5.74, 6) is 1.77. The second-order valence-electron chi connectivity index (χ2n) is 10.0. The van der Waals surface area contributed by atoms with E-state index in [1.165, 1.54) is 0 Å². The number of esters is 2. The Kier molecular flexibility index (Phi) is 29.9. The van der Waals surface area contributed by atoms with Crippen LogP contribution in [0.4, 0.5) is 0 Å². The third-order valence-corrected chi connectivity index (χ3v) is 4.03. The summed E-state index contributed by atoms with van der Waals surface area (Å²) in [6.07, 6.45) is 3.13. The summed E-state index contributed by atoms with van der Waals surface area (Å²) in [6, 6.07) is 0. The van der Waals surface area contributed by atoms with Crippen LogP contribution in [0.2, 0.25) is 0 Å². The van der Waals surface area contributed by atoms with Crippen LogP contribution in [0.1, 0.15) is 95.9 Å². The molecule has 0 rings (SSSR count). The van der Waals surface area contributed by atoms with Crippen molar-refractivity contribution in [3.05, 3.63) is 0 Å². The Morgan fingerprint density at radius 2 is 0.968 bits per heavy atom. The van der Waals surface area contributed by atoms with Gasteiger partial charge < -0.3 is 9.47 Å². The van der Waals surface area contributed by atoms with Crippen LogP contribution in [-0.4, -0.2) is 60.6 Å². The van der Waals surface area contributed by atoms with E-state index in [4.69, 9.17) is 9.47 Å². The summed E-state index contributed by atoms with van der Waals surface area (Å²) in [7, 11) is 0. The van der Waals surface area contributed by atoms with Gasteiger partial charge in [-0.1, -0.05) is 70.2 Å². The molecule has 0 aliphatic carbocycles. The zero-order chi connectivity index (χ0) is 22.4. The first-order chi connectivity index (χ1) is 12.7. The Morgan fingerprint density at radius 3 is 1.16 bits per heavy atom. The fraction of sp³-hybridized carbons (Fsp3) is 0.917. The minimum Gasteiger partial charge on any atom is -0.465 e. The average molecular weight is 588 g/mol. The van der Waals surface area contributed by atoms with Crippen LogP contribution in [0.25, 0.3) is 0 Å². The molecular formula is C24H52O4S2Sn. The van der Waals surface area contributed by atoms with Crippen LogP contribution in [0, 0.1) is 22.7 Å². The fourth-order valence-corrected chi connectivity index (χ4v) is 3.42. The van der Waals surface area contributed by atoms with E-state index in [2.05, 4.69) is 80.6 Å². The minimum absolute atomic E-state index is 0. The Bertz CT molecular complexity index is 392. The van der Waals surface area contributed by atoms with Crippen molar-refractivity contribution >= 4 is 61.1 Å². The van der Waals surface area contributed by atoms with Gasteiger partial charge in [0.1, 0.15) is 13.2 Å². The van der Waals surface area contributed by atoms with Crippen molar-refractivity contribution < 1.29 is 19.1 Å². The smallest absolute Gasteiger partial charge is 0.306 e. The number of thiol groups is 2. The summed E-state index contributed by atoms with van der Waals surface area (Å²) in [6.45, 7) is 18.1. The standard InChI is InChI=1S/2C11H22O2S.2CH4.Sn/c2*1-9(8-11(2,3)4)7-10(12)13-5-6-14;;;/h2*9,14H,5-8H2,1-4H3;2*1H4;. The van der Waals surface area contributed by atoms with Crippen molar-refractivity contribution in [3.63, 3.8) is 0 Å². The van der Waals surface area contributed by atoms with Crippen LogP contribution < -0.4 is 0 Å². The molecular weight excluding hydrogens is 535 g/mol. The fourth-order valence-electron chi connectivity index (χ4n) is 3.24. The first kappa shape index (κ1) is 41.7. The van der Waals surface area contributed by atoms with Gasteiger partial charge in [0.15, 0.2) is 0 Å². The quantitative estimate of drug-likeness (QED) is 0.169. The summed E-state index contributed by atoms with van der Waals surface area (Å²) >= 11 is 7.95. The largest absolute Gasteiger partial charge is 0.465 e. The molecule has 0 aliphatic rings. The van der Waals surface area contributed by atoms with E-state index in [9.17, 15) is 9.59 Å². The van der Waals surface area contributed by atoms with E-state index >= 15 is 0 Å². The number of carbonyl (C=O) groups is 2. The molecule has 0 heterocycles. The van der Waals surface area contributed by atoms with E-state index in [0.717, 1.165) is 12.8 Å². The zero-order valence-electron chi connectivity index (χ0n) is 19.8. The van der Waals surface area contributed by atoms with E-state index < -0.39 is 0 Å². The molecule has 0 N–H and O–H groups in total. The Balaban J connectivity index is -0.000000133. The Morgan fingerprint density at radius 1 is 0.710 bits per heavy atom. The number of rotatable bonds is 10. The topological polar surface area (TPSA) is 52.6 Å². The third-order valence-electron chi connectivity index (χ3n) is 3.66. The van der Waals surface area contributed by atoms with Crippen LogP contribution in [-0.2, 0) is 19.1 Å². The Hall–Kier alpha value is 0.439. The molecule has 2 atom stereocenters. The normalized spacial score (nSPS) is 12.5. The van der Waals surface area contributed by atoms with Gasteiger partial charge in [0.05, 0.1) is 0 Å². The van der Waals surface area contributed by atoms with Gasteiger partial charge in [-0.3, -0.25) is 9.59 Å². The molecule has 7 heteroatoms. The molecule has 188 valence electrons. The van der Waals surface area contributed by atoms with Crippen LogP contribution >= 0.6 is 25.3 Å². The molecule has 0 fully saturated rings. The second kappa shape index (κ2) is 22.2. The maximum absolute atomic E-state index is 11.2. The van der Waals surface area contributed by atoms with Crippen LogP contribution in [0.3, 0.4) is 0 Å². The molecule has 0 spiro atoms. The third kappa shape index (κ3) is 35.2. The molecule has 2 unspecified atom stereocenters. The molecule has 31 heavy (non-hydrogen) atoms. The first-order valence-corrected chi connectivity index (χ1v) is 11.5. The monoisotopic (exact) mass is 588 g/mol. The molecule has 0 aromatic heterocycles. The van der Waals surface area contributed by atoms with Crippen molar-refractivity contribution in [2.24, 2.45) is 22.7 Å². The maximum atomic E-state index is 11.2. The maximum Gasteiger partial charge on any atom is 0.306 e. The molecule has 0 saturated heterocycles. The zero-order valence-corrected chi connectivity index (χ0v) is 24.5. The number of hydrogen-bond donors (Lipinski definition) is 2. The van der Waals surface area contributed by atoms with Gasteiger partial charge >= 0.3 is 11.9 Å². The molecule has 0 amide bonds. The molecule has 4 radical (unpaired) electrons. The first-order valence-electron chi connectivity index (χ1n) is 10.2. The number of ether oxygens (including phenoxy) is 2. The minimum atomic E-state index is -0.101. The SMILES string of the molecule is C.C.CC(CC(=O)OCCS)CC(C)(C)C.CC(CC(=O)OCCS)CC(C)(C)C.[Sn]. The van der Waals surface area contributed by atoms with Crippen molar-refractivity contribution in [2.75, 3.05) is 24.7 Å². The van der Waals surface area contributed by atoms with Crippen LogP contribution in [0.5, 0.6) is 0 Å². The van der Waals surface area contributed by atoms with Crippen LogP contribution in [0.15, 0.2) is 0 Å². The van der Waals surface area contributed by atoms with Gasteiger partial charge in [-0.25, -0.2) is 0 Å². The predicted octanol–water partition coefficient (Wildman–Crippen LogP) is 6.74. The van der Waals surface area contributed by atoms with Crippen molar-refractivity contribution in [2.45, 2.75) is 95.9 Å². The van der Waals surface area contributed by atoms with E-state index in [1.54, 1.807) is 0 Å². The van der Waals surface area contributed by atoms with Gasteiger partial charge in [-0.15, -0.1) is 0 Å². The van der Waals surface area contributed by atoms with E-state index in [-0.39, 0.29) is 61.5 Å². The van der Waals surface area contributed by atoms with Gasteiger partial charge in [0.25, 0.3) is 0 Å². The van der Waals surface area contributed by atoms with Crippen molar-refractivity contribution in [3.8, 4) is 0 Å². The molecule has 0 saturated carbocycles. The van der Waals surface area contributed by atoms with Gasteiger partial charge in [0.2, 0.25) is 0 Å². The summed E-state index contributed by atoms with van der Waals surface area (Å²) in [5, 5.41) is 0. The van der Waals surface area contributed by atoms with Crippen molar-refractivity contribution in [1.29, 1.82) is 0 Å². The second-order valence-corrected chi connectivity index (χ2v) is 10.9. The van der Waals surface area contributed by atoms with E-state index in [0.29, 0.717) is 49.4 Å². The molecule has 0 bridgehead atoms. The Labute approximate surface area is 222 Å². The number of carbonyl (C=O) groups excluding carboxylic acids is 2. The molecule has 4 nitrogen and oxygen atoms in total.